The molecule has 0 amide bonds. The number of unbranched alkanes of at least 4 members (excludes halogenated alkanes) is 2. The van der Waals surface area contributed by atoms with Crippen LogP contribution in [0.5, 0.6) is 0 Å². The first-order valence-corrected chi connectivity index (χ1v) is 8.19. The van der Waals surface area contributed by atoms with Gasteiger partial charge in [0.05, 0.1) is 0 Å². The Morgan fingerprint density at radius 3 is 1.95 bits per heavy atom. The maximum absolute atomic E-state index is 3.69. The van der Waals surface area contributed by atoms with E-state index in [2.05, 4.69) is 65.6 Å². The van der Waals surface area contributed by atoms with Gasteiger partial charge in [-0.3, -0.25) is 4.90 Å². The van der Waals surface area contributed by atoms with Crippen LogP contribution in [0.1, 0.15) is 74.7 Å². The number of nitrogens with zero attached hydrogens (tertiary/aromatic N) is 1. The molecule has 0 rings (SSSR count). The summed E-state index contributed by atoms with van der Waals surface area (Å²) < 4.78 is 0. The van der Waals surface area contributed by atoms with E-state index in [0.717, 1.165) is 6.54 Å². The van der Waals surface area contributed by atoms with Gasteiger partial charge in [0.15, 0.2) is 0 Å². The van der Waals surface area contributed by atoms with Crippen LogP contribution in [0.4, 0.5) is 0 Å². The molecular weight excluding hydrogens is 232 g/mol. The first-order chi connectivity index (χ1) is 8.69. The van der Waals surface area contributed by atoms with Crippen LogP contribution in [0.3, 0.4) is 0 Å². The fraction of sp³-hybridized carbons (Fsp3) is 1.00. The van der Waals surface area contributed by atoms with Crippen LogP contribution in [-0.2, 0) is 0 Å². The molecule has 19 heavy (non-hydrogen) atoms. The highest BCUT2D eigenvalue weighted by Gasteiger charge is 2.25. The largest absolute Gasteiger partial charge is 0.311 e. The van der Waals surface area contributed by atoms with Gasteiger partial charge in [-0.1, -0.05) is 33.6 Å². The number of hydrogen-bond acceptors (Lipinski definition) is 2. The molecule has 116 valence electrons. The lowest BCUT2D eigenvalue weighted by atomic mass is 9.98. The summed E-state index contributed by atoms with van der Waals surface area (Å²) in [5.41, 5.74) is 0.208. The highest BCUT2D eigenvalue weighted by Crippen LogP contribution is 2.16. The third-order valence-corrected chi connectivity index (χ3v) is 3.72. The lowest BCUT2D eigenvalue weighted by Crippen LogP contribution is -2.52. The van der Waals surface area contributed by atoms with Gasteiger partial charge in [0.2, 0.25) is 0 Å². The van der Waals surface area contributed by atoms with E-state index in [1.807, 2.05) is 0 Å². The Kier molecular flexibility index (Phi) is 8.93. The molecule has 0 aliphatic heterocycles. The van der Waals surface area contributed by atoms with E-state index >= 15 is 0 Å². The van der Waals surface area contributed by atoms with Crippen molar-refractivity contribution >= 4 is 0 Å². The summed E-state index contributed by atoms with van der Waals surface area (Å²) in [7, 11) is 0. The fourth-order valence-electron chi connectivity index (χ4n) is 2.50. The smallest absolute Gasteiger partial charge is 0.0246 e. The van der Waals surface area contributed by atoms with Crippen LogP contribution < -0.4 is 5.32 Å². The molecule has 1 unspecified atom stereocenters. The van der Waals surface area contributed by atoms with Crippen LogP contribution in [0.15, 0.2) is 0 Å². The van der Waals surface area contributed by atoms with Crippen molar-refractivity contribution < 1.29 is 0 Å². The Morgan fingerprint density at radius 1 is 1.00 bits per heavy atom. The van der Waals surface area contributed by atoms with E-state index in [4.69, 9.17) is 0 Å². The van der Waals surface area contributed by atoms with Crippen molar-refractivity contribution in [3.05, 3.63) is 0 Å². The minimum Gasteiger partial charge on any atom is -0.311 e. The molecular formula is C17H38N2. The van der Waals surface area contributed by atoms with Gasteiger partial charge in [-0.2, -0.15) is 0 Å². The van der Waals surface area contributed by atoms with E-state index in [0.29, 0.717) is 18.0 Å². The van der Waals surface area contributed by atoms with Gasteiger partial charge < -0.3 is 5.32 Å². The predicted octanol–water partition coefficient (Wildman–Crippen LogP) is 4.30. The van der Waals surface area contributed by atoms with E-state index in [-0.39, 0.29) is 5.54 Å². The molecule has 0 saturated heterocycles. The summed E-state index contributed by atoms with van der Waals surface area (Å²) in [5, 5.41) is 3.69. The van der Waals surface area contributed by atoms with E-state index in [1.54, 1.807) is 0 Å². The topological polar surface area (TPSA) is 15.3 Å². The zero-order chi connectivity index (χ0) is 15.1. The Labute approximate surface area is 122 Å². The summed E-state index contributed by atoms with van der Waals surface area (Å²) >= 11 is 0. The van der Waals surface area contributed by atoms with Gasteiger partial charge >= 0.3 is 0 Å². The van der Waals surface area contributed by atoms with Gasteiger partial charge in [-0.25, -0.2) is 0 Å². The summed E-state index contributed by atoms with van der Waals surface area (Å²) in [5.74, 6) is 0.693. The third kappa shape index (κ3) is 8.65. The average Bonchev–Trinajstić information content (AvgIpc) is 2.24. The molecule has 0 fully saturated rings. The van der Waals surface area contributed by atoms with Crippen molar-refractivity contribution in [2.24, 2.45) is 5.92 Å². The second-order valence-electron chi connectivity index (χ2n) is 7.48. The standard InChI is InChI=1S/C17H38N2/c1-9-10-11-12-19(15(4)5)16(14(2)3)13-18-17(6,7)8/h14-16,18H,9-13H2,1-8H3. The van der Waals surface area contributed by atoms with E-state index in [9.17, 15) is 0 Å². The molecule has 1 atom stereocenters. The minimum atomic E-state index is 0.208. The van der Waals surface area contributed by atoms with Crippen molar-refractivity contribution in [3.8, 4) is 0 Å². The van der Waals surface area contributed by atoms with E-state index < -0.39 is 0 Å². The first kappa shape index (κ1) is 18.9. The molecule has 0 aromatic carbocycles. The second kappa shape index (κ2) is 8.97. The van der Waals surface area contributed by atoms with Gasteiger partial charge in [0, 0.05) is 24.2 Å². The lowest BCUT2D eigenvalue weighted by Gasteiger charge is -2.39. The normalized spacial score (nSPS) is 14.7. The molecule has 0 radical (unpaired) electrons. The average molecular weight is 271 g/mol. The molecule has 2 nitrogen and oxygen atoms in total. The van der Waals surface area contributed by atoms with Gasteiger partial charge in [-0.15, -0.1) is 0 Å². The Bertz CT molecular complexity index is 216. The maximum Gasteiger partial charge on any atom is 0.0246 e. The number of rotatable bonds is 9. The molecule has 1 N–H and O–H groups in total. The predicted molar refractivity (Wildman–Crippen MR) is 87.7 cm³/mol. The summed E-state index contributed by atoms with van der Waals surface area (Å²) in [4.78, 5) is 2.69. The zero-order valence-electron chi connectivity index (χ0n) is 14.7. The van der Waals surface area contributed by atoms with Crippen molar-refractivity contribution in [2.75, 3.05) is 13.1 Å². The minimum absolute atomic E-state index is 0.208. The summed E-state index contributed by atoms with van der Waals surface area (Å²) in [6.45, 7) is 20.7. The van der Waals surface area contributed by atoms with Crippen LogP contribution >= 0.6 is 0 Å². The van der Waals surface area contributed by atoms with Crippen LogP contribution in [0.2, 0.25) is 0 Å². The zero-order valence-corrected chi connectivity index (χ0v) is 14.7. The summed E-state index contributed by atoms with van der Waals surface area (Å²) in [6.07, 6.45) is 3.98. The Balaban J connectivity index is 4.58. The van der Waals surface area contributed by atoms with Crippen LogP contribution in [0, 0.1) is 5.92 Å². The van der Waals surface area contributed by atoms with Crippen molar-refractivity contribution in [2.45, 2.75) is 92.3 Å². The number of hydrogen-bond donors (Lipinski definition) is 1. The first-order valence-electron chi connectivity index (χ1n) is 8.19. The molecule has 0 bridgehead atoms. The highest BCUT2D eigenvalue weighted by molar-refractivity contribution is 4.83. The van der Waals surface area contributed by atoms with Gasteiger partial charge in [0.1, 0.15) is 0 Å². The highest BCUT2D eigenvalue weighted by atomic mass is 15.2. The van der Waals surface area contributed by atoms with Crippen LogP contribution in [0.25, 0.3) is 0 Å². The van der Waals surface area contributed by atoms with Crippen molar-refractivity contribution in [3.63, 3.8) is 0 Å². The van der Waals surface area contributed by atoms with Gasteiger partial charge in [0.25, 0.3) is 0 Å². The molecule has 0 aromatic rings. The summed E-state index contributed by atoms with van der Waals surface area (Å²) in [6, 6.07) is 1.27. The Hall–Kier alpha value is -0.0800. The van der Waals surface area contributed by atoms with Crippen LogP contribution in [-0.4, -0.2) is 35.6 Å². The quantitative estimate of drug-likeness (QED) is 0.628. The molecule has 0 heterocycles. The van der Waals surface area contributed by atoms with Gasteiger partial charge in [-0.05, 0) is 53.5 Å². The SMILES string of the molecule is CCCCCN(C(C)C)C(CNC(C)(C)C)C(C)C. The fourth-order valence-corrected chi connectivity index (χ4v) is 2.50. The second-order valence-corrected chi connectivity index (χ2v) is 7.48. The third-order valence-electron chi connectivity index (χ3n) is 3.72. The van der Waals surface area contributed by atoms with Crippen molar-refractivity contribution in [1.29, 1.82) is 0 Å². The number of nitrogens with one attached hydrogen (secondary N) is 1. The molecule has 0 saturated carbocycles. The van der Waals surface area contributed by atoms with E-state index in [1.165, 1.54) is 25.8 Å². The monoisotopic (exact) mass is 270 g/mol. The molecule has 0 aliphatic rings. The molecule has 0 aliphatic carbocycles. The molecule has 2 heteroatoms. The molecule has 0 spiro atoms. The Morgan fingerprint density at radius 2 is 1.58 bits per heavy atom. The maximum atomic E-state index is 3.69. The van der Waals surface area contributed by atoms with Crippen molar-refractivity contribution in [1.82, 2.24) is 10.2 Å². The lowest BCUT2D eigenvalue weighted by molar-refractivity contribution is 0.108. The molecule has 0 aromatic heterocycles.